The van der Waals surface area contributed by atoms with Crippen LogP contribution in [0.5, 0.6) is 0 Å². The number of hydrogen-bond acceptors (Lipinski definition) is 5. The van der Waals surface area contributed by atoms with Gasteiger partial charge in [-0.05, 0) is 24.3 Å². The molecular formula is C17H11NO3S. The topological polar surface area (TPSA) is 56.2 Å². The summed E-state index contributed by atoms with van der Waals surface area (Å²) in [5.74, 6) is 0.458. The van der Waals surface area contributed by atoms with Crippen LogP contribution < -0.4 is 5.43 Å². The molecule has 2 heterocycles. The Kier molecular flexibility index (Phi) is 3.20. The van der Waals surface area contributed by atoms with Gasteiger partial charge in [-0.2, -0.15) is 0 Å². The molecule has 22 heavy (non-hydrogen) atoms. The second-order valence-electron chi connectivity index (χ2n) is 4.82. The van der Waals surface area contributed by atoms with E-state index in [1.54, 1.807) is 12.1 Å². The van der Waals surface area contributed by atoms with E-state index in [4.69, 9.17) is 8.83 Å². The Morgan fingerprint density at radius 2 is 1.77 bits per heavy atom. The minimum atomic E-state index is -0.00883. The number of aromatic nitrogens is 1. The highest BCUT2D eigenvalue weighted by atomic mass is 32.2. The first kappa shape index (κ1) is 13.2. The maximum atomic E-state index is 12.4. The van der Waals surface area contributed by atoms with Gasteiger partial charge in [0, 0.05) is 11.3 Å². The SMILES string of the molecule is O=c1c(CSc2nc3ccccc3o2)coc2ccccc12. The minimum absolute atomic E-state index is 0.00883. The van der Waals surface area contributed by atoms with Crippen molar-refractivity contribution in [1.29, 1.82) is 0 Å². The maximum absolute atomic E-state index is 12.4. The molecule has 0 aliphatic rings. The number of thioether (sulfide) groups is 1. The zero-order valence-electron chi connectivity index (χ0n) is 11.5. The summed E-state index contributed by atoms with van der Waals surface area (Å²) in [6.07, 6.45) is 1.51. The van der Waals surface area contributed by atoms with Crippen molar-refractivity contribution in [2.24, 2.45) is 0 Å². The van der Waals surface area contributed by atoms with E-state index in [-0.39, 0.29) is 5.43 Å². The first-order valence-electron chi connectivity index (χ1n) is 6.79. The third-order valence-corrected chi connectivity index (χ3v) is 4.25. The Labute approximate surface area is 129 Å². The van der Waals surface area contributed by atoms with Crippen LogP contribution in [0.4, 0.5) is 0 Å². The highest BCUT2D eigenvalue weighted by Gasteiger charge is 2.10. The highest BCUT2D eigenvalue weighted by Crippen LogP contribution is 2.25. The summed E-state index contributed by atoms with van der Waals surface area (Å²) in [4.78, 5) is 16.8. The van der Waals surface area contributed by atoms with E-state index in [9.17, 15) is 4.79 Å². The number of oxazole rings is 1. The monoisotopic (exact) mass is 309 g/mol. The molecule has 0 N–H and O–H groups in total. The van der Waals surface area contributed by atoms with Gasteiger partial charge in [0.25, 0.3) is 5.22 Å². The number of fused-ring (bicyclic) bond motifs is 2. The van der Waals surface area contributed by atoms with E-state index < -0.39 is 0 Å². The molecule has 0 unspecified atom stereocenters. The van der Waals surface area contributed by atoms with Gasteiger partial charge in [-0.1, -0.05) is 36.0 Å². The third kappa shape index (κ3) is 2.29. The van der Waals surface area contributed by atoms with Crippen LogP contribution >= 0.6 is 11.8 Å². The molecule has 0 aliphatic heterocycles. The molecule has 0 spiro atoms. The third-order valence-electron chi connectivity index (χ3n) is 3.38. The fourth-order valence-electron chi connectivity index (χ4n) is 2.27. The smallest absolute Gasteiger partial charge is 0.257 e. The van der Waals surface area contributed by atoms with E-state index in [2.05, 4.69) is 4.98 Å². The van der Waals surface area contributed by atoms with Crippen LogP contribution in [0.25, 0.3) is 22.1 Å². The quantitative estimate of drug-likeness (QED) is 0.530. The second kappa shape index (κ2) is 5.35. The molecule has 4 aromatic rings. The lowest BCUT2D eigenvalue weighted by Crippen LogP contribution is -2.07. The average Bonchev–Trinajstić information content (AvgIpc) is 2.97. The number of benzene rings is 2. The van der Waals surface area contributed by atoms with Crippen molar-refractivity contribution in [1.82, 2.24) is 4.98 Å². The molecule has 4 rings (SSSR count). The largest absolute Gasteiger partial charge is 0.464 e. The Morgan fingerprint density at radius 3 is 2.64 bits per heavy atom. The molecule has 0 saturated heterocycles. The standard InChI is InChI=1S/C17H11NO3S/c19-16-11(9-20-14-7-3-1-5-12(14)16)10-22-17-18-13-6-2-4-8-15(13)21-17/h1-9H,10H2. The lowest BCUT2D eigenvalue weighted by atomic mass is 10.2. The Bertz CT molecular complexity index is 986. The molecule has 4 nitrogen and oxygen atoms in total. The molecule has 0 radical (unpaired) electrons. The normalized spacial score (nSPS) is 11.3. The van der Waals surface area contributed by atoms with E-state index in [1.165, 1.54) is 18.0 Å². The number of nitrogens with zero attached hydrogens (tertiary/aromatic N) is 1. The van der Waals surface area contributed by atoms with Gasteiger partial charge in [-0.15, -0.1) is 0 Å². The van der Waals surface area contributed by atoms with Gasteiger partial charge in [-0.3, -0.25) is 4.79 Å². The first-order valence-corrected chi connectivity index (χ1v) is 7.77. The molecule has 0 aliphatic carbocycles. The van der Waals surface area contributed by atoms with Crippen LogP contribution in [0.2, 0.25) is 0 Å². The molecule has 0 bridgehead atoms. The van der Waals surface area contributed by atoms with E-state index in [0.29, 0.717) is 27.5 Å². The van der Waals surface area contributed by atoms with Gasteiger partial charge in [0.05, 0.1) is 11.6 Å². The van der Waals surface area contributed by atoms with E-state index in [0.717, 1.165) is 11.1 Å². The average molecular weight is 309 g/mol. The first-order chi connectivity index (χ1) is 10.8. The zero-order chi connectivity index (χ0) is 14.9. The summed E-state index contributed by atoms with van der Waals surface area (Å²) in [7, 11) is 0. The summed E-state index contributed by atoms with van der Waals surface area (Å²) in [6, 6.07) is 14.8. The summed E-state index contributed by atoms with van der Waals surface area (Å²) >= 11 is 1.38. The second-order valence-corrected chi connectivity index (χ2v) is 5.75. The predicted molar refractivity (Wildman–Crippen MR) is 86.1 cm³/mol. The molecule has 0 amide bonds. The van der Waals surface area contributed by atoms with Crippen LogP contribution in [0.3, 0.4) is 0 Å². The number of rotatable bonds is 3. The minimum Gasteiger partial charge on any atom is -0.464 e. The summed E-state index contributed by atoms with van der Waals surface area (Å²) < 4.78 is 11.1. The summed E-state index contributed by atoms with van der Waals surface area (Å²) in [6.45, 7) is 0. The van der Waals surface area contributed by atoms with Crippen molar-refractivity contribution >= 4 is 33.8 Å². The van der Waals surface area contributed by atoms with Gasteiger partial charge in [-0.25, -0.2) is 4.98 Å². The maximum Gasteiger partial charge on any atom is 0.257 e. The van der Waals surface area contributed by atoms with Gasteiger partial charge < -0.3 is 8.83 Å². The summed E-state index contributed by atoms with van der Waals surface area (Å²) in [5.41, 5.74) is 2.76. The van der Waals surface area contributed by atoms with Gasteiger partial charge in [0.2, 0.25) is 0 Å². The fraction of sp³-hybridized carbons (Fsp3) is 0.0588. The lowest BCUT2D eigenvalue weighted by molar-refractivity contribution is 0.489. The Balaban J connectivity index is 1.63. The molecule has 0 atom stereocenters. The van der Waals surface area contributed by atoms with Crippen molar-refractivity contribution in [3.8, 4) is 0 Å². The van der Waals surface area contributed by atoms with Gasteiger partial charge in [0.1, 0.15) is 11.1 Å². The van der Waals surface area contributed by atoms with Crippen LogP contribution in [-0.4, -0.2) is 4.98 Å². The Morgan fingerprint density at radius 1 is 1.00 bits per heavy atom. The van der Waals surface area contributed by atoms with Crippen LogP contribution in [-0.2, 0) is 5.75 Å². The molecular weight excluding hydrogens is 298 g/mol. The lowest BCUT2D eigenvalue weighted by Gasteiger charge is -2.00. The number of hydrogen-bond donors (Lipinski definition) is 0. The van der Waals surface area contributed by atoms with E-state index >= 15 is 0 Å². The van der Waals surface area contributed by atoms with E-state index in [1.807, 2.05) is 36.4 Å². The van der Waals surface area contributed by atoms with Crippen molar-refractivity contribution in [2.75, 3.05) is 0 Å². The molecule has 108 valence electrons. The van der Waals surface area contributed by atoms with Crippen molar-refractivity contribution in [3.05, 3.63) is 70.6 Å². The molecule has 2 aromatic carbocycles. The van der Waals surface area contributed by atoms with Crippen molar-refractivity contribution in [2.45, 2.75) is 11.0 Å². The van der Waals surface area contributed by atoms with Gasteiger partial charge in [0.15, 0.2) is 11.0 Å². The van der Waals surface area contributed by atoms with Crippen LogP contribution in [0.1, 0.15) is 5.56 Å². The number of para-hydroxylation sites is 3. The van der Waals surface area contributed by atoms with Gasteiger partial charge >= 0.3 is 0 Å². The predicted octanol–water partition coefficient (Wildman–Crippen LogP) is 4.23. The zero-order valence-corrected chi connectivity index (χ0v) is 12.3. The van der Waals surface area contributed by atoms with Crippen molar-refractivity contribution < 1.29 is 8.83 Å². The van der Waals surface area contributed by atoms with Crippen molar-refractivity contribution in [3.63, 3.8) is 0 Å². The molecule has 0 fully saturated rings. The Hall–Kier alpha value is -2.53. The molecule has 2 aromatic heterocycles. The van der Waals surface area contributed by atoms with Crippen LogP contribution in [0.15, 0.2) is 73.6 Å². The summed E-state index contributed by atoms with van der Waals surface area (Å²) in [5, 5.41) is 1.15. The molecule has 5 heteroatoms. The van der Waals surface area contributed by atoms with Crippen LogP contribution in [0, 0.1) is 0 Å². The molecule has 0 saturated carbocycles. The fourth-order valence-corrected chi connectivity index (χ4v) is 3.06. The highest BCUT2D eigenvalue weighted by molar-refractivity contribution is 7.98.